The van der Waals surface area contributed by atoms with Gasteiger partial charge in [-0.2, -0.15) is 8.42 Å². The van der Waals surface area contributed by atoms with E-state index in [4.69, 9.17) is 16.3 Å². The van der Waals surface area contributed by atoms with Crippen LogP contribution < -0.4 is 20.3 Å². The number of fused-ring (bicyclic) bond motifs is 4. The van der Waals surface area contributed by atoms with Gasteiger partial charge in [-0.3, -0.25) is 19.5 Å². The Morgan fingerprint density at radius 1 is 1.00 bits per heavy atom. The topological polar surface area (TPSA) is 158 Å². The number of ether oxygens (including phenoxy) is 1. The molecule has 1 aliphatic heterocycles. The first-order valence-electron chi connectivity index (χ1n) is 14.6. The van der Waals surface area contributed by atoms with E-state index in [9.17, 15) is 27.4 Å². The lowest BCUT2D eigenvalue weighted by Crippen LogP contribution is -2.30. The number of rotatable bonds is 10. The zero-order valence-electron chi connectivity index (χ0n) is 25.4. The van der Waals surface area contributed by atoms with E-state index in [2.05, 4.69) is 15.6 Å². The van der Waals surface area contributed by atoms with Crippen LogP contribution in [0.15, 0.2) is 83.8 Å². The van der Waals surface area contributed by atoms with E-state index in [0.29, 0.717) is 41.2 Å². The second kappa shape index (κ2) is 14.1. The lowest BCUT2D eigenvalue weighted by molar-refractivity contribution is -0.115. The van der Waals surface area contributed by atoms with E-state index in [-0.39, 0.29) is 39.9 Å². The third kappa shape index (κ3) is 7.12. The second-order valence-corrected chi connectivity index (χ2v) is 15.3. The van der Waals surface area contributed by atoms with Gasteiger partial charge in [0, 0.05) is 64.2 Å². The molecule has 4 aromatic carbocycles. The number of carbonyl (C=O) groups is 3. The summed E-state index contributed by atoms with van der Waals surface area (Å²) >= 11 is 6.44. The number of hydrogen-bond donors (Lipinski definition) is 4. The van der Waals surface area contributed by atoms with Crippen LogP contribution in [0.1, 0.15) is 28.4 Å². The maximum atomic E-state index is 14.1. The van der Waals surface area contributed by atoms with E-state index in [0.717, 1.165) is 27.9 Å². The summed E-state index contributed by atoms with van der Waals surface area (Å²) in [6.07, 6.45) is 1.45. The smallest absolute Gasteiger partial charge is 0.409 e. The molecule has 2 heterocycles. The molecule has 0 saturated heterocycles. The minimum Gasteiger partial charge on any atom is -0.409 e. The molecule has 0 unspecified atom stereocenters. The van der Waals surface area contributed by atoms with Gasteiger partial charge in [0.15, 0.2) is 0 Å². The average molecular weight is 725 g/mol. The van der Waals surface area contributed by atoms with Crippen LogP contribution in [0.25, 0.3) is 21.7 Å². The lowest BCUT2D eigenvalue weighted by Gasteiger charge is -2.19. The van der Waals surface area contributed by atoms with Crippen molar-refractivity contribution in [1.29, 1.82) is 0 Å². The van der Waals surface area contributed by atoms with Crippen molar-refractivity contribution >= 4 is 100.0 Å². The van der Waals surface area contributed by atoms with Gasteiger partial charge < -0.3 is 19.9 Å². The minimum atomic E-state index is -4.48. The summed E-state index contributed by atoms with van der Waals surface area (Å²) in [5.41, 5.74) is 3.16. The largest absolute Gasteiger partial charge is 0.417 e. The van der Waals surface area contributed by atoms with Crippen molar-refractivity contribution in [2.75, 3.05) is 40.0 Å². The molecule has 0 saturated carbocycles. The number of nitrogens with zero attached hydrogens (tertiary/aromatic N) is 1. The predicted octanol–water partition coefficient (Wildman–Crippen LogP) is 7.50. The SMILES string of the molecule is CSSCCC(=O)Nc1ccc2[nH]c(C(=O)N3C[C@@H](CCl)c4c3cc(OC(=O)Nc3cccc(S(=O)(=O)O)c3)c3ccccc43)cc2c1. The Bertz CT molecular complexity index is 2170. The maximum absolute atomic E-state index is 14.1. The fourth-order valence-electron chi connectivity index (χ4n) is 5.71. The highest BCUT2D eigenvalue weighted by atomic mass is 35.5. The third-order valence-electron chi connectivity index (χ3n) is 7.81. The summed E-state index contributed by atoms with van der Waals surface area (Å²) in [6, 6.07) is 21.2. The van der Waals surface area contributed by atoms with Gasteiger partial charge in [0.2, 0.25) is 5.91 Å². The Kier molecular flexibility index (Phi) is 9.90. The average Bonchev–Trinajstić information content (AvgIpc) is 3.66. The lowest BCUT2D eigenvalue weighted by atomic mass is 9.95. The molecule has 0 spiro atoms. The predicted molar refractivity (Wildman–Crippen MR) is 193 cm³/mol. The van der Waals surface area contributed by atoms with Gasteiger partial charge in [-0.25, -0.2) is 4.79 Å². The van der Waals surface area contributed by atoms with Crippen LogP contribution in [-0.2, 0) is 14.9 Å². The highest BCUT2D eigenvalue weighted by Crippen LogP contribution is 2.46. The number of carbonyl (C=O) groups excluding carboxylic acids is 3. The molecule has 1 atom stereocenters. The van der Waals surface area contributed by atoms with E-state index in [1.54, 1.807) is 56.8 Å². The molecule has 0 radical (unpaired) electrons. The summed E-state index contributed by atoms with van der Waals surface area (Å²) in [7, 11) is -1.25. The fraction of sp³-hybridized carbons (Fsp3) is 0.182. The molecule has 0 aliphatic carbocycles. The van der Waals surface area contributed by atoms with Crippen LogP contribution in [0, 0.1) is 0 Å². The number of nitrogens with one attached hydrogen (secondary N) is 3. The van der Waals surface area contributed by atoms with Crippen LogP contribution in [0.4, 0.5) is 21.9 Å². The molecule has 0 fully saturated rings. The van der Waals surface area contributed by atoms with Crippen molar-refractivity contribution in [3.8, 4) is 5.75 Å². The zero-order chi connectivity index (χ0) is 34.0. The maximum Gasteiger partial charge on any atom is 0.417 e. The van der Waals surface area contributed by atoms with Crippen LogP contribution in [0.5, 0.6) is 5.75 Å². The molecular formula is C33H29ClN4O7S3. The molecule has 4 N–H and O–H groups in total. The summed E-state index contributed by atoms with van der Waals surface area (Å²) in [5.74, 6) is 0.528. The van der Waals surface area contributed by atoms with E-state index in [1.165, 1.54) is 18.2 Å². The zero-order valence-corrected chi connectivity index (χ0v) is 28.6. The van der Waals surface area contributed by atoms with E-state index in [1.807, 2.05) is 30.5 Å². The standard InChI is InChI=1S/C33H29ClN4O7S3/c1-46-47-12-11-30(39)35-22-9-10-26-19(13-22)14-27(37-26)32(40)38-18-20(17-34)31-25-8-3-2-7-24(25)29(16-28(31)38)45-33(41)36-21-5-4-6-23(15-21)48(42,43)44/h2-10,13-16,20,37H,11-12,17-18H2,1H3,(H,35,39)(H,36,41)(H,42,43,44)/t20-/m1/s1. The first kappa shape index (κ1) is 33.7. The van der Waals surface area contributed by atoms with Crippen LogP contribution in [-0.4, -0.2) is 60.3 Å². The molecule has 1 aromatic heterocycles. The number of hydrogen-bond acceptors (Lipinski definition) is 8. The highest BCUT2D eigenvalue weighted by Gasteiger charge is 2.36. The van der Waals surface area contributed by atoms with E-state index >= 15 is 0 Å². The molecule has 6 rings (SSSR count). The van der Waals surface area contributed by atoms with Gasteiger partial charge in [-0.05, 0) is 59.7 Å². The van der Waals surface area contributed by atoms with Crippen LogP contribution >= 0.6 is 33.2 Å². The minimum absolute atomic E-state index is 0.0888. The molecule has 48 heavy (non-hydrogen) atoms. The molecule has 15 heteroatoms. The number of aromatic amines is 1. The number of alkyl halides is 1. The Morgan fingerprint density at radius 2 is 1.77 bits per heavy atom. The number of benzene rings is 4. The van der Waals surface area contributed by atoms with Crippen molar-refractivity contribution in [1.82, 2.24) is 4.98 Å². The number of anilines is 3. The summed E-state index contributed by atoms with van der Waals surface area (Å²) in [6.45, 7) is 0.296. The van der Waals surface area contributed by atoms with Gasteiger partial charge in [0.1, 0.15) is 11.4 Å². The van der Waals surface area contributed by atoms with Crippen LogP contribution in [0.2, 0.25) is 0 Å². The Morgan fingerprint density at radius 3 is 2.52 bits per heavy atom. The molecule has 3 amide bonds. The Hall–Kier alpha value is -4.21. The van der Waals surface area contributed by atoms with Crippen molar-refractivity contribution in [2.24, 2.45) is 0 Å². The summed E-state index contributed by atoms with van der Waals surface area (Å²) in [5, 5.41) is 7.53. The molecule has 248 valence electrons. The molecule has 1 aliphatic rings. The molecule has 5 aromatic rings. The van der Waals surface area contributed by atoms with Gasteiger partial charge in [-0.1, -0.05) is 51.9 Å². The van der Waals surface area contributed by atoms with E-state index < -0.39 is 16.2 Å². The Balaban J connectivity index is 1.29. The number of H-pyrrole nitrogens is 1. The van der Waals surface area contributed by atoms with Crippen molar-refractivity contribution in [2.45, 2.75) is 17.2 Å². The quantitative estimate of drug-likeness (QED) is 0.0495. The van der Waals surface area contributed by atoms with Crippen LogP contribution in [0.3, 0.4) is 0 Å². The Labute approximate surface area is 288 Å². The normalized spacial score (nSPS) is 14.2. The first-order chi connectivity index (χ1) is 23.0. The first-order valence-corrected chi connectivity index (χ1v) is 19.3. The summed E-state index contributed by atoms with van der Waals surface area (Å²) in [4.78, 5) is 43.8. The van der Waals surface area contributed by atoms with Crippen molar-refractivity contribution in [3.05, 3.63) is 90.1 Å². The molecule has 0 bridgehead atoms. The number of halogens is 1. The molecular weight excluding hydrogens is 696 g/mol. The van der Waals surface area contributed by atoms with Gasteiger partial charge >= 0.3 is 6.09 Å². The van der Waals surface area contributed by atoms with Gasteiger partial charge in [0.05, 0.1) is 10.6 Å². The second-order valence-electron chi connectivity index (χ2n) is 10.9. The van der Waals surface area contributed by atoms with Gasteiger partial charge in [0.25, 0.3) is 16.0 Å². The fourth-order valence-corrected chi connectivity index (χ4v) is 7.67. The number of amides is 3. The molecule has 11 nitrogen and oxygen atoms in total. The van der Waals surface area contributed by atoms with Crippen molar-refractivity contribution < 1.29 is 32.1 Å². The monoisotopic (exact) mass is 724 g/mol. The van der Waals surface area contributed by atoms with Crippen molar-refractivity contribution in [3.63, 3.8) is 0 Å². The summed E-state index contributed by atoms with van der Waals surface area (Å²) < 4.78 is 38.2. The van der Waals surface area contributed by atoms with Gasteiger partial charge in [-0.15, -0.1) is 11.6 Å². The highest BCUT2D eigenvalue weighted by molar-refractivity contribution is 8.76. The number of aromatic nitrogens is 1. The third-order valence-corrected chi connectivity index (χ3v) is 10.8.